The number of benzene rings is 2. The van der Waals surface area contributed by atoms with E-state index in [9.17, 15) is 34.8 Å². The molecule has 0 aliphatic heterocycles. The highest BCUT2D eigenvalue weighted by Crippen LogP contribution is 2.30. The van der Waals surface area contributed by atoms with Gasteiger partial charge in [-0.1, -0.05) is 0 Å². The molecule has 0 radical (unpaired) electrons. The Kier molecular flexibility index (Phi) is 4.65. The lowest BCUT2D eigenvalue weighted by molar-refractivity contribution is -0.274. The fraction of sp³-hybridized carbons (Fsp3) is 0.133. The van der Waals surface area contributed by atoms with Crippen molar-refractivity contribution in [2.24, 2.45) is 0 Å². The van der Waals surface area contributed by atoms with Gasteiger partial charge in [-0.3, -0.25) is 4.72 Å². The highest BCUT2D eigenvalue weighted by atomic mass is 32.2. The Morgan fingerprint density at radius 2 is 1.61 bits per heavy atom. The van der Waals surface area contributed by atoms with Gasteiger partial charge in [0.2, 0.25) is 5.82 Å². The van der Waals surface area contributed by atoms with E-state index in [1.165, 1.54) is 12.1 Å². The Balaban J connectivity index is 1.83. The lowest BCUT2D eigenvalue weighted by Crippen LogP contribution is -2.17. The topological polar surface area (TPSA) is 84.1 Å². The predicted molar refractivity (Wildman–Crippen MR) is 85.0 cm³/mol. The number of H-pyrrole nitrogens is 1. The summed E-state index contributed by atoms with van der Waals surface area (Å²) in [5.74, 6) is -1.84. The Labute approximate surface area is 153 Å². The summed E-state index contributed by atoms with van der Waals surface area (Å²) in [6, 6.07) is 6.89. The minimum absolute atomic E-state index is 0.0241. The number of halogens is 6. The summed E-state index contributed by atoms with van der Waals surface area (Å²) in [6.45, 7) is 0. The number of aromatic amines is 1. The third-order valence-electron chi connectivity index (χ3n) is 3.37. The molecule has 0 fully saturated rings. The number of anilines is 1. The number of sulfonamides is 1. The van der Waals surface area contributed by atoms with E-state index in [1.54, 1.807) is 0 Å². The summed E-state index contributed by atoms with van der Waals surface area (Å²) in [5, 5.41) is 0. The number of nitrogens with one attached hydrogen (secondary N) is 2. The Hall–Kier alpha value is -2.96. The summed E-state index contributed by atoms with van der Waals surface area (Å²) < 4.78 is 105. The van der Waals surface area contributed by atoms with E-state index in [0.717, 1.165) is 30.3 Å². The monoisotopic (exact) mass is 425 g/mol. The van der Waals surface area contributed by atoms with E-state index in [2.05, 4.69) is 14.4 Å². The summed E-state index contributed by atoms with van der Waals surface area (Å²) >= 11 is 0. The van der Waals surface area contributed by atoms with Crippen LogP contribution in [0.15, 0.2) is 47.4 Å². The van der Waals surface area contributed by atoms with Crippen molar-refractivity contribution in [3.63, 3.8) is 0 Å². The fourth-order valence-electron chi connectivity index (χ4n) is 2.24. The minimum Gasteiger partial charge on any atom is -0.406 e. The van der Waals surface area contributed by atoms with Gasteiger partial charge in [-0.05, 0) is 42.5 Å². The molecule has 2 aromatic carbocycles. The highest BCUT2D eigenvalue weighted by molar-refractivity contribution is 7.92. The molecule has 0 unspecified atom stereocenters. The lowest BCUT2D eigenvalue weighted by Gasteiger charge is -2.11. The molecule has 3 rings (SSSR count). The third-order valence-corrected chi connectivity index (χ3v) is 4.77. The second-order valence-corrected chi connectivity index (χ2v) is 7.12. The Morgan fingerprint density at radius 1 is 0.964 bits per heavy atom. The first-order chi connectivity index (χ1) is 12.8. The molecule has 0 amide bonds. The van der Waals surface area contributed by atoms with Gasteiger partial charge in [0.1, 0.15) is 5.75 Å². The van der Waals surface area contributed by atoms with E-state index >= 15 is 0 Å². The van der Waals surface area contributed by atoms with Crippen molar-refractivity contribution in [3.8, 4) is 5.75 Å². The van der Waals surface area contributed by atoms with Crippen LogP contribution in [0.4, 0.5) is 32.0 Å². The van der Waals surface area contributed by atoms with Crippen LogP contribution in [0.3, 0.4) is 0 Å². The second-order valence-electron chi connectivity index (χ2n) is 5.44. The molecular weight excluding hydrogens is 416 g/mol. The van der Waals surface area contributed by atoms with Crippen molar-refractivity contribution in [1.29, 1.82) is 0 Å². The van der Waals surface area contributed by atoms with Crippen molar-refractivity contribution in [1.82, 2.24) is 9.97 Å². The number of fused-ring (bicyclic) bond motifs is 1. The Morgan fingerprint density at radius 3 is 2.18 bits per heavy atom. The first kappa shape index (κ1) is 19.8. The number of aromatic nitrogens is 2. The van der Waals surface area contributed by atoms with Gasteiger partial charge in [0.05, 0.1) is 21.6 Å². The van der Waals surface area contributed by atoms with Gasteiger partial charge in [0, 0.05) is 0 Å². The van der Waals surface area contributed by atoms with E-state index in [-0.39, 0.29) is 21.6 Å². The van der Waals surface area contributed by atoms with E-state index in [4.69, 9.17) is 0 Å². The van der Waals surface area contributed by atoms with Crippen LogP contribution in [-0.4, -0.2) is 24.7 Å². The van der Waals surface area contributed by atoms with Crippen LogP contribution < -0.4 is 9.46 Å². The molecule has 1 heterocycles. The van der Waals surface area contributed by atoms with Crippen LogP contribution in [0, 0.1) is 0 Å². The molecule has 3 aromatic rings. The van der Waals surface area contributed by atoms with Crippen molar-refractivity contribution in [2.75, 3.05) is 4.72 Å². The molecule has 0 spiro atoms. The van der Waals surface area contributed by atoms with Crippen LogP contribution in [-0.2, 0) is 16.2 Å². The molecule has 13 heteroatoms. The van der Waals surface area contributed by atoms with Gasteiger partial charge in [0.25, 0.3) is 10.0 Å². The smallest absolute Gasteiger partial charge is 0.406 e. The van der Waals surface area contributed by atoms with Gasteiger partial charge < -0.3 is 9.72 Å². The van der Waals surface area contributed by atoms with Gasteiger partial charge in [-0.2, -0.15) is 13.2 Å². The molecule has 0 saturated heterocycles. The molecule has 0 aliphatic carbocycles. The van der Waals surface area contributed by atoms with Crippen molar-refractivity contribution in [2.45, 2.75) is 17.4 Å². The van der Waals surface area contributed by atoms with E-state index < -0.39 is 34.1 Å². The zero-order valence-electron chi connectivity index (χ0n) is 13.4. The zero-order valence-corrected chi connectivity index (χ0v) is 14.2. The number of imidazole rings is 1. The van der Waals surface area contributed by atoms with Crippen molar-refractivity contribution in [3.05, 3.63) is 48.3 Å². The standard InChI is InChI=1S/C15H9F6N3O3S/c16-14(17,18)13-22-11-6-1-8(7-12(11)23-13)24-28(25,26)10-4-2-9(3-5-10)27-15(19,20)21/h1-7,24H,(H,22,23). The summed E-state index contributed by atoms with van der Waals surface area (Å²) in [6.07, 6.45) is -9.62. The van der Waals surface area contributed by atoms with E-state index in [0.29, 0.717) is 0 Å². The van der Waals surface area contributed by atoms with Gasteiger partial charge in [-0.15, -0.1) is 13.2 Å². The molecule has 0 aliphatic rings. The van der Waals surface area contributed by atoms with Crippen LogP contribution in [0.2, 0.25) is 0 Å². The molecule has 28 heavy (non-hydrogen) atoms. The predicted octanol–water partition coefficient (Wildman–Crippen LogP) is 4.28. The maximum Gasteiger partial charge on any atom is 0.573 e. The molecule has 6 nitrogen and oxygen atoms in total. The van der Waals surface area contributed by atoms with Crippen molar-refractivity contribution >= 4 is 26.7 Å². The summed E-state index contributed by atoms with van der Waals surface area (Å²) in [4.78, 5) is 5.02. The number of hydrogen-bond acceptors (Lipinski definition) is 4. The number of nitrogens with zero attached hydrogens (tertiary/aromatic N) is 1. The fourth-order valence-corrected chi connectivity index (χ4v) is 3.29. The maximum atomic E-state index is 12.7. The average Bonchev–Trinajstić information content (AvgIpc) is 2.97. The lowest BCUT2D eigenvalue weighted by atomic mass is 10.3. The van der Waals surface area contributed by atoms with Crippen LogP contribution >= 0.6 is 0 Å². The number of alkyl halides is 6. The minimum atomic E-state index is -4.92. The third kappa shape index (κ3) is 4.47. The first-order valence-electron chi connectivity index (χ1n) is 7.29. The highest BCUT2D eigenvalue weighted by Gasteiger charge is 2.34. The van der Waals surface area contributed by atoms with E-state index in [1.807, 2.05) is 4.98 Å². The summed E-state index contributed by atoms with van der Waals surface area (Å²) in [5.41, 5.74) is -0.147. The van der Waals surface area contributed by atoms with Gasteiger partial charge in [0.15, 0.2) is 0 Å². The Bertz CT molecular complexity index is 1100. The average molecular weight is 425 g/mol. The molecule has 1 aromatic heterocycles. The normalized spacial score (nSPS) is 12.9. The largest absolute Gasteiger partial charge is 0.573 e. The molecular formula is C15H9F6N3O3S. The number of rotatable bonds is 4. The maximum absolute atomic E-state index is 12.7. The van der Waals surface area contributed by atoms with Crippen molar-refractivity contribution < 1.29 is 39.5 Å². The molecule has 150 valence electrons. The number of hydrogen-bond donors (Lipinski definition) is 2. The molecule has 2 N–H and O–H groups in total. The second kappa shape index (κ2) is 6.58. The van der Waals surface area contributed by atoms with Gasteiger partial charge >= 0.3 is 12.5 Å². The molecule has 0 atom stereocenters. The van der Waals surface area contributed by atoms with Crippen LogP contribution in [0.25, 0.3) is 11.0 Å². The molecule has 0 saturated carbocycles. The number of ether oxygens (including phenoxy) is 1. The zero-order chi connectivity index (χ0) is 20.7. The summed E-state index contributed by atoms with van der Waals surface area (Å²) in [7, 11) is -4.21. The quantitative estimate of drug-likeness (QED) is 0.612. The van der Waals surface area contributed by atoms with Crippen LogP contribution in [0.5, 0.6) is 5.75 Å². The van der Waals surface area contributed by atoms with Gasteiger partial charge in [-0.25, -0.2) is 13.4 Å². The van der Waals surface area contributed by atoms with Crippen LogP contribution in [0.1, 0.15) is 5.82 Å². The first-order valence-corrected chi connectivity index (χ1v) is 8.77. The SMILES string of the molecule is O=S(=O)(Nc1ccc2nc(C(F)(F)F)[nH]c2c1)c1ccc(OC(F)(F)F)cc1. The molecule has 0 bridgehead atoms.